The Kier molecular flexibility index (Phi) is 6.93. The maximum Gasteiger partial charge on any atom is 0.190 e. The van der Waals surface area contributed by atoms with Gasteiger partial charge in [-0.15, -0.1) is 16.4 Å². The van der Waals surface area contributed by atoms with Crippen molar-refractivity contribution in [3.63, 3.8) is 0 Å². The minimum absolute atomic E-state index is 0.266. The highest BCUT2D eigenvalue weighted by atomic mass is 32.2. The standard InChI is InChI=1S/C23H27N7O2S2/c1-3-16-15-17-21(24-23(33-2)25-22(17)34-16)29-12-10-28(11-13-29)20(9-6-14-31)32-30-19-8-5-4-7-18(19)26-27-30/h4-5,7-8,14-15,20H,3,6,9-13H2,1-2H3. The topological polar surface area (TPSA) is 89.3 Å². The maximum atomic E-state index is 11.1. The number of fused-ring (bicyclic) bond motifs is 2. The predicted molar refractivity (Wildman–Crippen MR) is 136 cm³/mol. The summed E-state index contributed by atoms with van der Waals surface area (Å²) in [6, 6.07) is 9.93. The first-order valence-electron chi connectivity index (χ1n) is 11.4. The molecule has 1 aliphatic heterocycles. The average Bonchev–Trinajstić information content (AvgIpc) is 3.50. The first kappa shape index (κ1) is 23.0. The van der Waals surface area contributed by atoms with Crippen LogP contribution in [0.3, 0.4) is 0 Å². The molecule has 178 valence electrons. The minimum Gasteiger partial charge on any atom is -0.375 e. The summed E-state index contributed by atoms with van der Waals surface area (Å²) >= 11 is 3.33. The second-order valence-corrected chi connectivity index (χ2v) is 9.99. The summed E-state index contributed by atoms with van der Waals surface area (Å²) in [5.74, 6) is 1.01. The number of thiophene rings is 1. The third-order valence-electron chi connectivity index (χ3n) is 6.03. The molecule has 1 saturated heterocycles. The van der Waals surface area contributed by atoms with Gasteiger partial charge < -0.3 is 14.5 Å². The van der Waals surface area contributed by atoms with Crippen LogP contribution in [0.1, 0.15) is 24.6 Å². The van der Waals surface area contributed by atoms with E-state index in [1.165, 1.54) is 9.72 Å². The van der Waals surface area contributed by atoms with E-state index in [1.54, 1.807) is 23.1 Å². The summed E-state index contributed by atoms with van der Waals surface area (Å²) in [6.07, 6.45) is 4.70. The highest BCUT2D eigenvalue weighted by Gasteiger charge is 2.28. The van der Waals surface area contributed by atoms with Crippen molar-refractivity contribution in [3.05, 3.63) is 35.2 Å². The van der Waals surface area contributed by atoms with Crippen LogP contribution in [-0.2, 0) is 11.2 Å². The Hall–Kier alpha value is -2.76. The number of hydrogen-bond donors (Lipinski definition) is 0. The van der Waals surface area contributed by atoms with Gasteiger partial charge in [-0.2, -0.15) is 0 Å². The van der Waals surface area contributed by atoms with Gasteiger partial charge in [-0.25, -0.2) is 9.97 Å². The zero-order valence-electron chi connectivity index (χ0n) is 19.3. The molecule has 0 N–H and O–H groups in total. The van der Waals surface area contributed by atoms with Gasteiger partial charge in [-0.05, 0) is 36.1 Å². The third-order valence-corrected chi connectivity index (χ3v) is 7.75. The molecule has 1 atom stereocenters. The molecular weight excluding hydrogens is 470 g/mol. The number of carbonyl (C=O) groups excluding carboxylic acids is 1. The quantitative estimate of drug-likeness (QED) is 0.196. The first-order chi connectivity index (χ1) is 16.7. The van der Waals surface area contributed by atoms with Crippen molar-refractivity contribution < 1.29 is 9.63 Å². The van der Waals surface area contributed by atoms with Crippen LogP contribution in [-0.4, -0.2) is 75.0 Å². The highest BCUT2D eigenvalue weighted by Crippen LogP contribution is 2.33. The number of anilines is 1. The first-order valence-corrected chi connectivity index (χ1v) is 13.5. The van der Waals surface area contributed by atoms with Crippen molar-refractivity contribution in [3.8, 4) is 0 Å². The largest absolute Gasteiger partial charge is 0.375 e. The van der Waals surface area contributed by atoms with E-state index in [-0.39, 0.29) is 6.23 Å². The van der Waals surface area contributed by atoms with Gasteiger partial charge in [0.25, 0.3) is 0 Å². The molecule has 4 heterocycles. The lowest BCUT2D eigenvalue weighted by molar-refractivity contribution is -0.111. The van der Waals surface area contributed by atoms with Gasteiger partial charge in [-0.3, -0.25) is 4.90 Å². The molecular formula is C23H27N7O2S2. The molecule has 34 heavy (non-hydrogen) atoms. The number of aryl methyl sites for hydroxylation is 1. The molecule has 4 aromatic rings. The zero-order chi connectivity index (χ0) is 23.5. The van der Waals surface area contributed by atoms with E-state index in [1.807, 2.05) is 30.5 Å². The molecule has 3 aromatic heterocycles. The lowest BCUT2D eigenvalue weighted by atomic mass is 10.2. The fraction of sp³-hybridized carbons (Fsp3) is 0.435. The molecule has 0 radical (unpaired) electrons. The molecule has 11 heteroatoms. The Bertz CT molecular complexity index is 1280. The Labute approximate surface area is 206 Å². The highest BCUT2D eigenvalue weighted by molar-refractivity contribution is 7.98. The molecule has 0 aliphatic carbocycles. The monoisotopic (exact) mass is 497 g/mol. The Morgan fingerprint density at radius 2 is 2.03 bits per heavy atom. The van der Waals surface area contributed by atoms with Crippen molar-refractivity contribution >= 4 is 56.5 Å². The molecule has 5 rings (SSSR count). The van der Waals surface area contributed by atoms with E-state index in [0.717, 1.165) is 71.1 Å². The number of hydrogen-bond acceptors (Lipinski definition) is 10. The summed E-state index contributed by atoms with van der Waals surface area (Å²) in [6.45, 7) is 5.39. The molecule has 0 bridgehead atoms. The smallest absolute Gasteiger partial charge is 0.190 e. The van der Waals surface area contributed by atoms with Crippen LogP contribution >= 0.6 is 23.1 Å². The van der Waals surface area contributed by atoms with Gasteiger partial charge in [0.2, 0.25) is 0 Å². The van der Waals surface area contributed by atoms with Gasteiger partial charge in [0.05, 0.1) is 5.39 Å². The molecule has 1 aliphatic rings. The van der Waals surface area contributed by atoms with Crippen LogP contribution in [0, 0.1) is 0 Å². The zero-order valence-corrected chi connectivity index (χ0v) is 20.9. The number of nitrogens with zero attached hydrogens (tertiary/aromatic N) is 7. The third kappa shape index (κ3) is 4.59. The van der Waals surface area contributed by atoms with Crippen molar-refractivity contribution in [2.75, 3.05) is 37.3 Å². The molecule has 9 nitrogen and oxygen atoms in total. The van der Waals surface area contributed by atoms with E-state index >= 15 is 0 Å². The second-order valence-electron chi connectivity index (χ2n) is 8.10. The van der Waals surface area contributed by atoms with Crippen LogP contribution in [0.15, 0.2) is 35.5 Å². The molecule has 1 fully saturated rings. The van der Waals surface area contributed by atoms with E-state index in [2.05, 4.69) is 33.1 Å². The number of benzene rings is 1. The second kappa shape index (κ2) is 10.2. The van der Waals surface area contributed by atoms with Gasteiger partial charge in [0, 0.05) is 43.9 Å². The van der Waals surface area contributed by atoms with Crippen molar-refractivity contribution in [1.29, 1.82) is 0 Å². The Morgan fingerprint density at radius 3 is 2.79 bits per heavy atom. The van der Waals surface area contributed by atoms with Crippen molar-refractivity contribution in [1.82, 2.24) is 30.0 Å². The van der Waals surface area contributed by atoms with Crippen LogP contribution in [0.2, 0.25) is 0 Å². The van der Waals surface area contributed by atoms with Gasteiger partial charge in [0.1, 0.15) is 28.0 Å². The van der Waals surface area contributed by atoms with Crippen LogP contribution < -0.4 is 9.74 Å². The van der Waals surface area contributed by atoms with Crippen LogP contribution in [0.5, 0.6) is 0 Å². The average molecular weight is 498 g/mol. The van der Waals surface area contributed by atoms with E-state index in [4.69, 9.17) is 14.8 Å². The van der Waals surface area contributed by atoms with E-state index in [9.17, 15) is 4.79 Å². The summed E-state index contributed by atoms with van der Waals surface area (Å²) in [4.78, 5) is 35.4. The van der Waals surface area contributed by atoms with Gasteiger partial charge >= 0.3 is 0 Å². The van der Waals surface area contributed by atoms with Gasteiger partial charge in [0.15, 0.2) is 11.4 Å². The van der Waals surface area contributed by atoms with Crippen LogP contribution in [0.4, 0.5) is 5.82 Å². The summed E-state index contributed by atoms with van der Waals surface area (Å²) in [7, 11) is 0. The van der Waals surface area contributed by atoms with Crippen molar-refractivity contribution in [2.45, 2.75) is 37.6 Å². The number of aldehydes is 1. The van der Waals surface area contributed by atoms with E-state index < -0.39 is 0 Å². The molecule has 1 unspecified atom stereocenters. The normalized spacial score (nSPS) is 15.8. The lowest BCUT2D eigenvalue weighted by Gasteiger charge is -2.39. The summed E-state index contributed by atoms with van der Waals surface area (Å²) in [5, 5.41) is 10.3. The van der Waals surface area contributed by atoms with E-state index in [0.29, 0.717) is 12.8 Å². The summed E-state index contributed by atoms with van der Waals surface area (Å²) in [5.41, 5.74) is 1.59. The predicted octanol–water partition coefficient (Wildman–Crippen LogP) is 3.28. The summed E-state index contributed by atoms with van der Waals surface area (Å²) < 4.78 is 0. The van der Waals surface area contributed by atoms with Crippen LogP contribution in [0.25, 0.3) is 21.3 Å². The SMILES string of the molecule is CCc1cc2c(N3CCN(C(CCC=O)On4nnc5ccccc54)CC3)nc(SC)nc2s1. The number of aromatic nitrogens is 5. The number of carbonyl (C=O) groups is 1. The van der Waals surface area contributed by atoms with Gasteiger partial charge in [-0.1, -0.05) is 35.7 Å². The molecule has 0 spiro atoms. The maximum absolute atomic E-state index is 11.1. The molecule has 1 aromatic carbocycles. The Balaban J connectivity index is 1.34. The number of thioether (sulfide) groups is 1. The Morgan fingerprint density at radius 1 is 1.21 bits per heavy atom. The minimum atomic E-state index is -0.266. The number of rotatable bonds is 9. The number of para-hydroxylation sites is 1. The molecule has 0 saturated carbocycles. The number of piperazine rings is 1. The lowest BCUT2D eigenvalue weighted by Crippen LogP contribution is -2.53. The van der Waals surface area contributed by atoms with Crippen molar-refractivity contribution in [2.24, 2.45) is 0 Å². The molecule has 0 amide bonds. The fourth-order valence-electron chi connectivity index (χ4n) is 4.22. The fourth-order valence-corrected chi connectivity index (χ4v) is 5.60.